The number of ketones is 1. The molecule has 5 aromatic rings. The maximum Gasteiger partial charge on any atom is 0.165 e. The topological polar surface area (TPSA) is 50.2 Å². The fraction of sp³-hybridized carbons (Fsp3) is 0.490. The molecule has 56 heavy (non-hydrogen) atoms. The number of aliphatic hydroxyl groups excluding tert-OH is 1. The smallest absolute Gasteiger partial charge is 0.165 e. The first kappa shape index (κ1) is 44.1. The normalized spacial score (nSPS) is 13.6. The van der Waals surface area contributed by atoms with E-state index in [1.165, 1.54) is 54.1 Å². The second-order valence-electron chi connectivity index (χ2n) is 18.4. The number of aromatic nitrogens is 1. The molecule has 1 aliphatic heterocycles. The van der Waals surface area contributed by atoms with Crippen molar-refractivity contribution in [1.82, 2.24) is 4.98 Å². The predicted octanol–water partition coefficient (Wildman–Crippen LogP) is 15.4. The van der Waals surface area contributed by atoms with Crippen LogP contribution in [-0.2, 0) is 37.7 Å². The van der Waals surface area contributed by atoms with E-state index in [0.29, 0.717) is 6.17 Å². The van der Waals surface area contributed by atoms with Crippen LogP contribution < -0.4 is 0 Å². The number of aryl methyl sites for hydroxylation is 1. The van der Waals surface area contributed by atoms with E-state index in [9.17, 15) is 9.90 Å². The molecule has 2 heterocycles. The predicted molar refractivity (Wildman–Crippen MR) is 239 cm³/mol. The Kier molecular flexibility index (Phi) is 14.1. The minimum absolute atomic E-state index is 0. The first-order valence-electron chi connectivity index (χ1n) is 21.3. The number of rotatable bonds is 11. The Hall–Kier alpha value is -2.98. The monoisotopic (exact) mass is 950 g/mol. The summed E-state index contributed by atoms with van der Waals surface area (Å²) in [5, 5.41) is 17.6. The van der Waals surface area contributed by atoms with E-state index in [1.54, 1.807) is 0 Å². The molecular formula is C51H66IrNO2S-. The van der Waals surface area contributed by atoms with Crippen LogP contribution in [0.1, 0.15) is 140 Å². The number of aliphatic hydroxyl groups is 1. The van der Waals surface area contributed by atoms with E-state index in [0.717, 1.165) is 73.4 Å². The summed E-state index contributed by atoms with van der Waals surface area (Å²) in [6.45, 7) is 28.4. The van der Waals surface area contributed by atoms with Crippen molar-refractivity contribution in [2.45, 2.75) is 151 Å². The summed E-state index contributed by atoms with van der Waals surface area (Å²) in [5.74, 6) is 0.377. The number of pyridine rings is 1. The molecule has 5 heteroatoms. The molecule has 1 N–H and O–H groups in total. The Morgan fingerprint density at radius 1 is 0.786 bits per heavy atom. The van der Waals surface area contributed by atoms with Crippen molar-refractivity contribution in [1.29, 1.82) is 0 Å². The molecule has 0 amide bonds. The van der Waals surface area contributed by atoms with E-state index in [2.05, 4.69) is 139 Å². The fourth-order valence-electron chi connectivity index (χ4n) is 8.67. The van der Waals surface area contributed by atoms with Crippen LogP contribution in [-0.4, -0.2) is 15.9 Å². The number of nitrogens with zero attached hydrogens (tertiary/aromatic N) is 1. The molecule has 0 atom stereocenters. The average Bonchev–Trinajstić information content (AvgIpc) is 3.13. The Morgan fingerprint density at radius 3 is 1.96 bits per heavy atom. The van der Waals surface area contributed by atoms with Crippen molar-refractivity contribution in [2.24, 2.45) is 21.7 Å². The molecule has 303 valence electrons. The van der Waals surface area contributed by atoms with Gasteiger partial charge in [0.2, 0.25) is 0 Å². The number of benzene rings is 4. The van der Waals surface area contributed by atoms with Gasteiger partial charge in [0, 0.05) is 53.8 Å². The maximum absolute atomic E-state index is 12.5. The van der Waals surface area contributed by atoms with E-state index in [1.807, 2.05) is 17.8 Å². The zero-order chi connectivity index (χ0) is 41.4. The third kappa shape index (κ3) is 9.16. The molecular weight excluding hydrogens is 883 g/mol. The number of hydrogen-bond acceptors (Lipinski definition) is 4. The Bertz CT molecular complexity index is 2270. The number of allylic oxidation sites excluding steroid dienone is 2. The van der Waals surface area contributed by atoms with Crippen molar-refractivity contribution in [3.63, 3.8) is 0 Å². The summed E-state index contributed by atoms with van der Waals surface area (Å²) >= 11 is 1.88. The van der Waals surface area contributed by atoms with Gasteiger partial charge in [-0.25, -0.2) is 0 Å². The zero-order valence-electron chi connectivity index (χ0n) is 37.4. The van der Waals surface area contributed by atoms with Gasteiger partial charge < -0.3 is 5.11 Å². The number of hydrogen-bond donors (Lipinski definition) is 1. The third-order valence-electron chi connectivity index (χ3n) is 12.4. The van der Waals surface area contributed by atoms with E-state index in [-0.39, 0.29) is 53.3 Å². The molecule has 0 saturated carbocycles. The minimum atomic E-state index is -0.297. The van der Waals surface area contributed by atoms with Crippen LogP contribution >= 0.6 is 11.8 Å². The second-order valence-corrected chi connectivity index (χ2v) is 19.5. The van der Waals surface area contributed by atoms with Gasteiger partial charge in [0.25, 0.3) is 0 Å². The molecule has 4 aromatic carbocycles. The van der Waals surface area contributed by atoms with E-state index < -0.39 is 0 Å². The van der Waals surface area contributed by atoms with Crippen LogP contribution in [0.3, 0.4) is 0 Å². The minimum Gasteiger partial charge on any atom is -0.512 e. The summed E-state index contributed by atoms with van der Waals surface area (Å²) in [4.78, 5) is 19.9. The summed E-state index contributed by atoms with van der Waals surface area (Å²) in [7, 11) is 0. The van der Waals surface area contributed by atoms with E-state index in [4.69, 9.17) is 6.35 Å². The van der Waals surface area contributed by atoms with Gasteiger partial charge in [0.1, 0.15) is 5.76 Å². The quantitative estimate of drug-likeness (QED) is 0.0608. The molecule has 0 unspecified atom stereocenters. The number of fused-ring (bicyclic) bond motifs is 5. The second kappa shape index (κ2) is 17.9. The maximum atomic E-state index is 12.5. The number of carbonyl (C=O) groups is 1. The van der Waals surface area contributed by atoms with Gasteiger partial charge in [-0.1, -0.05) is 135 Å². The standard InChI is InChI=1S/C34H34NS.C17H32O2.Ir/c1-20-11-12-23-22(15-20)16-27-31-30-25(13-14-35-31)24-10-8-9-21(18-33(2,3)4)26(24)17-29(30)36-32(27)28(23)19-34(5,6)7;1-7-16(8-2,9-3)14(18)13-15(19)17(10-4,11-5)12-6;/h8-15,17H,18-19H2,1-7H3;13,18H,7-12H2,1-6H3;/q-1;;/b;14-13-;/i14D;;. The van der Waals surface area contributed by atoms with Crippen LogP contribution in [0, 0.1) is 34.7 Å². The van der Waals surface area contributed by atoms with Crippen LogP contribution in [0.25, 0.3) is 43.6 Å². The van der Waals surface area contributed by atoms with E-state index >= 15 is 0 Å². The molecule has 0 saturated heterocycles. The molecule has 1 radical (unpaired) electrons. The Balaban J connectivity index is 0.000000309. The van der Waals surface area contributed by atoms with Crippen LogP contribution in [0.2, 0.25) is 0 Å². The van der Waals surface area contributed by atoms with Gasteiger partial charge >= 0.3 is 0 Å². The van der Waals surface area contributed by atoms with Crippen molar-refractivity contribution in [3.05, 3.63) is 89.3 Å². The molecule has 0 spiro atoms. The first-order valence-corrected chi connectivity index (χ1v) is 21.6. The van der Waals surface area contributed by atoms with Gasteiger partial charge in [-0.05, 0) is 113 Å². The van der Waals surface area contributed by atoms with Gasteiger partial charge in [0.05, 0.1) is 1.37 Å². The number of carbonyl (C=O) groups excluding carboxylic acids is 1. The van der Waals surface area contributed by atoms with Crippen LogP contribution in [0.15, 0.2) is 76.3 Å². The average molecular weight is 950 g/mol. The Labute approximate surface area is 357 Å². The summed E-state index contributed by atoms with van der Waals surface area (Å²) < 4.78 is 8.69. The van der Waals surface area contributed by atoms with Crippen molar-refractivity contribution in [3.8, 4) is 11.3 Å². The molecule has 0 fully saturated rings. The third-order valence-corrected chi connectivity index (χ3v) is 13.6. The molecule has 1 aromatic heterocycles. The molecule has 1 aliphatic rings. The zero-order valence-corrected chi connectivity index (χ0v) is 39.6. The largest absolute Gasteiger partial charge is 0.512 e. The van der Waals surface area contributed by atoms with Crippen molar-refractivity contribution in [2.75, 3.05) is 0 Å². The Morgan fingerprint density at radius 2 is 1.39 bits per heavy atom. The van der Waals surface area contributed by atoms with Crippen molar-refractivity contribution >= 4 is 49.9 Å². The van der Waals surface area contributed by atoms with Crippen LogP contribution in [0.4, 0.5) is 0 Å². The van der Waals surface area contributed by atoms with Gasteiger partial charge in [0.15, 0.2) is 5.78 Å². The van der Waals surface area contributed by atoms with Crippen LogP contribution in [0.5, 0.6) is 0 Å². The summed E-state index contributed by atoms with van der Waals surface area (Å²) in [6.07, 6.45) is 8.92. The van der Waals surface area contributed by atoms with Gasteiger partial charge in [-0.15, -0.1) is 29.3 Å². The SMILES string of the molecule is CCC(CC)(CC)C(=O)/C=C(\O)C(CC)(CC)CC.[2H]c1cc2c3c(cc4c(CC(C)(C)C)cccc42)Sc2c([c-]c4cc(C)ccc4c2CC(C)(C)C)-c3n1.[Ir]. The van der Waals surface area contributed by atoms with Crippen molar-refractivity contribution < 1.29 is 31.4 Å². The van der Waals surface area contributed by atoms with Gasteiger partial charge in [-0.3, -0.25) is 9.78 Å². The molecule has 0 bridgehead atoms. The summed E-state index contributed by atoms with van der Waals surface area (Å²) in [6, 6.07) is 21.5. The summed E-state index contributed by atoms with van der Waals surface area (Å²) in [5.41, 5.74) is 5.75. The molecule has 3 nitrogen and oxygen atoms in total. The molecule has 6 rings (SSSR count). The molecule has 0 aliphatic carbocycles. The fourth-order valence-corrected chi connectivity index (χ4v) is 9.93. The van der Waals surface area contributed by atoms with Gasteiger partial charge in [-0.2, -0.15) is 0 Å². The first-order chi connectivity index (χ1) is 26.3.